The molecule has 2 aliphatic rings. The molecule has 0 bridgehead atoms. The van der Waals surface area contributed by atoms with Crippen molar-refractivity contribution in [2.24, 2.45) is 11.7 Å². The number of hydrogen-bond acceptors (Lipinski definition) is 6. The first-order valence-electron chi connectivity index (χ1n) is 18.4. The normalized spacial score (nSPS) is 17.0. The van der Waals surface area contributed by atoms with Crippen LogP contribution in [0.2, 0.25) is 0 Å². The van der Waals surface area contributed by atoms with E-state index in [9.17, 15) is 28.8 Å². The van der Waals surface area contributed by atoms with Crippen LogP contribution in [0.25, 0.3) is 5.57 Å². The van der Waals surface area contributed by atoms with Gasteiger partial charge in [-0.2, -0.15) is 0 Å². The second-order valence-corrected chi connectivity index (χ2v) is 15.1. The number of fused-ring (bicyclic) bond motifs is 1. The van der Waals surface area contributed by atoms with Crippen LogP contribution in [-0.2, 0) is 36.8 Å². The number of likely N-dealkylation sites (tertiary alicyclic amines) is 1. The zero-order valence-corrected chi connectivity index (χ0v) is 31.7. The molecule has 0 aromatic heterocycles. The van der Waals surface area contributed by atoms with E-state index in [0.29, 0.717) is 45.1 Å². The molecule has 4 rings (SSSR count). The van der Waals surface area contributed by atoms with Gasteiger partial charge in [-0.1, -0.05) is 60.7 Å². The number of urea groups is 1. The lowest BCUT2D eigenvalue weighted by atomic mass is 9.89. The molecule has 1 fully saturated rings. The number of carbonyl (C=O) groups excluding carboxylic acids is 6. The molecule has 4 atom stereocenters. The minimum absolute atomic E-state index is 0.144. The van der Waals surface area contributed by atoms with Crippen LogP contribution in [0.1, 0.15) is 82.4 Å². The van der Waals surface area contributed by atoms with Gasteiger partial charge in [-0.3, -0.25) is 24.0 Å². The minimum atomic E-state index is -0.983. The van der Waals surface area contributed by atoms with Crippen molar-refractivity contribution in [3.05, 3.63) is 77.4 Å². The fraction of sp³-hybridized carbons (Fsp3) is 0.500. The summed E-state index contributed by atoms with van der Waals surface area (Å²) in [5.74, 6) is -3.01. The number of nitrogens with zero attached hydrogens (tertiary/aromatic N) is 1. The van der Waals surface area contributed by atoms with Gasteiger partial charge in [0, 0.05) is 43.8 Å². The molecule has 1 aliphatic carbocycles. The highest BCUT2D eigenvalue weighted by Crippen LogP contribution is 2.31. The number of benzene rings is 2. The average molecular weight is 749 g/mol. The Labute approximate surface area is 317 Å². The predicted octanol–water partition coefficient (Wildman–Crippen LogP) is 3.79. The average Bonchev–Trinajstić information content (AvgIpc) is 3.54. The number of primary amides is 1. The molecule has 0 saturated carbocycles. The van der Waals surface area contributed by atoms with Crippen molar-refractivity contribution in [3.63, 3.8) is 0 Å². The number of ketones is 1. The summed E-state index contributed by atoms with van der Waals surface area (Å²) in [5, 5.41) is 11.2. The van der Waals surface area contributed by atoms with E-state index in [2.05, 4.69) is 27.3 Å². The fourth-order valence-electron chi connectivity index (χ4n) is 6.97. The van der Waals surface area contributed by atoms with Gasteiger partial charge in [0.1, 0.15) is 18.0 Å². The van der Waals surface area contributed by atoms with E-state index < -0.39 is 53.3 Å². The van der Waals surface area contributed by atoms with E-state index >= 15 is 0 Å². The van der Waals surface area contributed by atoms with E-state index in [1.807, 2.05) is 75.4 Å². The van der Waals surface area contributed by atoms with Gasteiger partial charge in [0.05, 0.1) is 6.04 Å². The highest BCUT2D eigenvalue weighted by molar-refractivity contribution is 6.27. The number of nitrogens with two attached hydrogens (primary N) is 1. The van der Waals surface area contributed by atoms with Crippen LogP contribution in [-0.4, -0.2) is 83.0 Å². The molecule has 13 heteroatoms. The van der Waals surface area contributed by atoms with Crippen molar-refractivity contribution < 1.29 is 28.8 Å². The Morgan fingerprint density at radius 1 is 0.925 bits per heavy atom. The fourth-order valence-corrected chi connectivity index (χ4v) is 7.05. The Morgan fingerprint density at radius 2 is 1.64 bits per heavy atom. The number of Topliss-reactive ketones (excluding diaryl/α,β-unsaturated/α-hetero) is 1. The van der Waals surface area contributed by atoms with Crippen molar-refractivity contribution in [3.8, 4) is 0 Å². The number of carbonyl (C=O) groups is 6. The van der Waals surface area contributed by atoms with Gasteiger partial charge in [-0.15, -0.1) is 11.6 Å². The smallest absolute Gasteiger partial charge is 0.312 e. The second kappa shape index (κ2) is 19.4. The number of piperidine rings is 1. The van der Waals surface area contributed by atoms with E-state index in [1.165, 1.54) is 4.90 Å². The third-order valence-corrected chi connectivity index (χ3v) is 9.77. The number of hydrogen-bond donors (Lipinski definition) is 5. The summed E-state index contributed by atoms with van der Waals surface area (Å²) in [7, 11) is 0. The molecule has 0 radical (unpaired) electrons. The molecule has 2 aromatic rings. The largest absolute Gasteiger partial charge is 0.352 e. The monoisotopic (exact) mass is 748 g/mol. The van der Waals surface area contributed by atoms with Gasteiger partial charge in [-0.25, -0.2) is 4.79 Å². The SMILES string of the molecule is CC(C)(C)NC(=O)[C@H](CCCNC(N)=O)CC(=O)[C@H](CC1=CCc2ccccc21)NC(=O)[C@@H]1CCCCN1C(=O)[C@H](Cc1ccccc1)NC(=O)CCl. The van der Waals surface area contributed by atoms with Crippen molar-refractivity contribution in [2.45, 2.75) is 102 Å². The van der Waals surface area contributed by atoms with Crippen molar-refractivity contribution in [1.82, 2.24) is 26.2 Å². The van der Waals surface area contributed by atoms with Crippen LogP contribution in [0, 0.1) is 5.92 Å². The van der Waals surface area contributed by atoms with E-state index in [1.54, 1.807) is 0 Å². The van der Waals surface area contributed by atoms with Crippen LogP contribution in [0.5, 0.6) is 0 Å². The highest BCUT2D eigenvalue weighted by atomic mass is 35.5. The Kier molecular flexibility index (Phi) is 15.0. The maximum atomic E-state index is 14.3. The summed E-state index contributed by atoms with van der Waals surface area (Å²) in [6.07, 6.45) is 5.52. The van der Waals surface area contributed by atoms with E-state index in [-0.39, 0.29) is 43.4 Å². The molecular weight excluding hydrogens is 696 g/mol. The molecular formula is C40H53ClN6O6. The molecule has 0 spiro atoms. The van der Waals surface area contributed by atoms with Crippen molar-refractivity contribution in [1.29, 1.82) is 0 Å². The van der Waals surface area contributed by atoms with Crippen LogP contribution < -0.4 is 27.0 Å². The summed E-state index contributed by atoms with van der Waals surface area (Å²) in [6, 6.07) is 13.7. The van der Waals surface area contributed by atoms with E-state index in [4.69, 9.17) is 17.3 Å². The van der Waals surface area contributed by atoms with Gasteiger partial charge in [0.15, 0.2) is 5.78 Å². The molecule has 6 amide bonds. The zero-order chi connectivity index (χ0) is 38.5. The van der Waals surface area contributed by atoms with Crippen molar-refractivity contribution >= 4 is 52.6 Å². The minimum Gasteiger partial charge on any atom is -0.352 e. The van der Waals surface area contributed by atoms with Crippen LogP contribution >= 0.6 is 11.6 Å². The summed E-state index contributed by atoms with van der Waals surface area (Å²) in [5.41, 5.74) is 8.56. The maximum absolute atomic E-state index is 14.3. The molecule has 1 heterocycles. The lowest BCUT2D eigenvalue weighted by Crippen LogP contribution is -2.59. The summed E-state index contributed by atoms with van der Waals surface area (Å²) >= 11 is 5.81. The summed E-state index contributed by atoms with van der Waals surface area (Å²) in [6.45, 7) is 6.12. The Balaban J connectivity index is 1.59. The van der Waals surface area contributed by atoms with Gasteiger partial charge < -0.3 is 31.9 Å². The third-order valence-electron chi connectivity index (χ3n) is 9.53. The molecule has 6 N–H and O–H groups in total. The van der Waals surface area contributed by atoms with E-state index in [0.717, 1.165) is 22.3 Å². The zero-order valence-electron chi connectivity index (χ0n) is 30.9. The molecule has 286 valence electrons. The first-order valence-corrected chi connectivity index (χ1v) is 18.9. The summed E-state index contributed by atoms with van der Waals surface area (Å²) in [4.78, 5) is 81.4. The number of allylic oxidation sites excluding steroid dienone is 1. The summed E-state index contributed by atoms with van der Waals surface area (Å²) < 4.78 is 0. The molecule has 1 aliphatic heterocycles. The molecule has 53 heavy (non-hydrogen) atoms. The quantitative estimate of drug-likeness (QED) is 0.121. The van der Waals surface area contributed by atoms with Gasteiger partial charge in [0.2, 0.25) is 23.6 Å². The Hall–Kier alpha value is -4.71. The standard InChI is InChI=1S/C40H53ClN6O6/c1-40(2,3)46-36(50)29(15-11-20-43-39(42)53)24-34(48)31(23-28-19-18-27-14-7-8-16-30(27)28)45-37(51)33-17-9-10-21-47(33)38(52)32(44-35(49)25-41)22-26-12-5-4-6-13-26/h4-8,12-14,16,19,29,31-33H,9-11,15,17-18,20-25H2,1-3H3,(H,44,49)(H,45,51)(H,46,50)(H3,42,43,53)/t29-,31+,32+,33+/m1/s1. The highest BCUT2D eigenvalue weighted by Gasteiger charge is 2.38. The number of halogens is 1. The predicted molar refractivity (Wildman–Crippen MR) is 205 cm³/mol. The molecule has 2 aromatic carbocycles. The van der Waals surface area contributed by atoms with Gasteiger partial charge >= 0.3 is 6.03 Å². The number of rotatable bonds is 17. The molecule has 1 saturated heterocycles. The van der Waals surface area contributed by atoms with Gasteiger partial charge in [-0.05, 0) is 81.6 Å². The van der Waals surface area contributed by atoms with Crippen LogP contribution in [0.15, 0.2) is 60.7 Å². The topological polar surface area (TPSA) is 180 Å². The maximum Gasteiger partial charge on any atom is 0.312 e. The second-order valence-electron chi connectivity index (χ2n) is 14.9. The Bertz CT molecular complexity index is 1660. The first kappa shape index (κ1) is 41.1. The number of nitrogens with one attached hydrogen (secondary N) is 4. The molecule has 0 unspecified atom stereocenters. The first-order chi connectivity index (χ1) is 25.3. The molecule has 12 nitrogen and oxygen atoms in total. The Morgan fingerprint density at radius 3 is 2.34 bits per heavy atom. The lowest BCUT2D eigenvalue weighted by molar-refractivity contribution is -0.145. The van der Waals surface area contributed by atoms with Crippen molar-refractivity contribution in [2.75, 3.05) is 19.0 Å². The number of amides is 6. The number of alkyl halides is 1. The van der Waals surface area contributed by atoms with Crippen LogP contribution in [0.4, 0.5) is 4.79 Å². The third kappa shape index (κ3) is 12.4. The lowest BCUT2D eigenvalue weighted by Gasteiger charge is -2.37. The van der Waals surface area contributed by atoms with Gasteiger partial charge in [0.25, 0.3) is 0 Å². The van der Waals surface area contributed by atoms with Crippen LogP contribution in [0.3, 0.4) is 0 Å².